The van der Waals surface area contributed by atoms with Gasteiger partial charge in [-0.1, -0.05) is 42.5 Å². The van der Waals surface area contributed by atoms with Gasteiger partial charge in [-0.2, -0.15) is 0 Å². The van der Waals surface area contributed by atoms with Crippen LogP contribution in [0.15, 0.2) is 54.7 Å². The molecule has 1 aromatic heterocycles. The predicted molar refractivity (Wildman–Crippen MR) is 106 cm³/mol. The number of hydrogen-bond donors (Lipinski definition) is 1. The molecule has 1 aliphatic heterocycles. The zero-order valence-corrected chi connectivity index (χ0v) is 15.3. The summed E-state index contributed by atoms with van der Waals surface area (Å²) in [5.74, 6) is 1.87. The Hall–Kier alpha value is -2.72. The van der Waals surface area contributed by atoms with Crippen LogP contribution in [0.25, 0.3) is 11.4 Å². The van der Waals surface area contributed by atoms with Gasteiger partial charge in [-0.05, 0) is 36.5 Å². The molecule has 1 unspecified atom stereocenters. The summed E-state index contributed by atoms with van der Waals surface area (Å²) in [6.07, 6.45) is 6.37. The number of aryl methyl sites for hydroxylation is 1. The summed E-state index contributed by atoms with van der Waals surface area (Å²) in [7, 11) is 0. The van der Waals surface area contributed by atoms with Crippen molar-refractivity contribution in [2.24, 2.45) is 0 Å². The van der Waals surface area contributed by atoms with Gasteiger partial charge in [-0.25, -0.2) is 9.97 Å². The van der Waals surface area contributed by atoms with Crippen molar-refractivity contribution in [1.29, 1.82) is 0 Å². The monoisotopic (exact) mass is 357 g/mol. The Labute approximate surface area is 159 Å². The van der Waals surface area contributed by atoms with Crippen LogP contribution in [-0.2, 0) is 19.4 Å². The number of hydrogen-bond acceptors (Lipinski definition) is 4. The second-order valence-corrected chi connectivity index (χ2v) is 7.33. The van der Waals surface area contributed by atoms with Crippen molar-refractivity contribution < 1.29 is 4.74 Å². The van der Waals surface area contributed by atoms with E-state index < -0.39 is 0 Å². The van der Waals surface area contributed by atoms with E-state index in [1.165, 1.54) is 22.4 Å². The average Bonchev–Trinajstić information content (AvgIpc) is 3.20. The van der Waals surface area contributed by atoms with Gasteiger partial charge in [0.15, 0.2) is 5.82 Å². The van der Waals surface area contributed by atoms with E-state index in [0.29, 0.717) is 6.04 Å². The Balaban J connectivity index is 1.34. The fraction of sp³-hybridized carbons (Fsp3) is 0.304. The molecule has 0 fully saturated rings. The Morgan fingerprint density at radius 3 is 2.93 bits per heavy atom. The quantitative estimate of drug-likeness (QED) is 0.758. The number of benzene rings is 2. The second-order valence-electron chi connectivity index (χ2n) is 7.33. The molecule has 136 valence electrons. The summed E-state index contributed by atoms with van der Waals surface area (Å²) in [6, 6.07) is 17.1. The van der Waals surface area contributed by atoms with E-state index in [9.17, 15) is 0 Å². The highest BCUT2D eigenvalue weighted by Crippen LogP contribution is 2.30. The minimum atomic E-state index is 0.322. The van der Waals surface area contributed by atoms with E-state index in [4.69, 9.17) is 9.72 Å². The Bertz CT molecular complexity index is 955. The van der Waals surface area contributed by atoms with Crippen LogP contribution in [0.4, 0.5) is 0 Å². The van der Waals surface area contributed by atoms with E-state index in [1.807, 2.05) is 24.4 Å². The van der Waals surface area contributed by atoms with Crippen LogP contribution >= 0.6 is 0 Å². The molecular weight excluding hydrogens is 334 g/mol. The molecule has 0 spiro atoms. The zero-order valence-electron chi connectivity index (χ0n) is 15.3. The molecule has 2 heterocycles. The fourth-order valence-corrected chi connectivity index (χ4v) is 4.08. The topological polar surface area (TPSA) is 47.0 Å². The molecule has 4 nitrogen and oxygen atoms in total. The molecule has 3 aromatic rings. The first-order valence-electron chi connectivity index (χ1n) is 9.76. The summed E-state index contributed by atoms with van der Waals surface area (Å²) in [5.41, 5.74) is 6.17. The maximum atomic E-state index is 5.61. The average molecular weight is 357 g/mol. The molecule has 2 aliphatic rings. The minimum absolute atomic E-state index is 0.322. The van der Waals surface area contributed by atoms with E-state index >= 15 is 0 Å². The van der Waals surface area contributed by atoms with Crippen LogP contribution in [0.5, 0.6) is 5.75 Å². The van der Waals surface area contributed by atoms with Crippen LogP contribution in [0.1, 0.15) is 41.3 Å². The van der Waals surface area contributed by atoms with Crippen molar-refractivity contribution in [3.05, 3.63) is 77.1 Å². The normalized spacial score (nSPS) is 17.9. The van der Waals surface area contributed by atoms with E-state index in [0.717, 1.165) is 56.0 Å². The molecule has 0 amide bonds. The number of ether oxygens (including phenoxy) is 1. The largest absolute Gasteiger partial charge is 0.493 e. The van der Waals surface area contributed by atoms with Gasteiger partial charge in [0.25, 0.3) is 0 Å². The van der Waals surface area contributed by atoms with Crippen molar-refractivity contribution in [2.45, 2.75) is 38.3 Å². The standard InChI is InChI=1S/C23H23N3O/c1-2-5-17(6-3-1)23-25-15-19-20(7-4-8-21(19)26-23)24-14-16-9-10-22-18(13-16)11-12-27-22/h1-3,5-6,9-10,13,15,20,24H,4,7-8,11-12,14H2. The SMILES string of the molecule is c1ccc(-c2ncc3c(n2)CCCC3NCc2ccc3c(c2)CCO3)cc1. The number of rotatable bonds is 4. The molecule has 1 atom stereocenters. The first kappa shape index (κ1) is 16.5. The molecule has 1 aliphatic carbocycles. The maximum Gasteiger partial charge on any atom is 0.159 e. The molecule has 4 heteroatoms. The molecule has 0 saturated heterocycles. The number of fused-ring (bicyclic) bond motifs is 2. The lowest BCUT2D eigenvalue weighted by molar-refractivity contribution is 0.357. The van der Waals surface area contributed by atoms with Gasteiger partial charge in [0.05, 0.1) is 6.61 Å². The van der Waals surface area contributed by atoms with Crippen LogP contribution in [0.2, 0.25) is 0 Å². The van der Waals surface area contributed by atoms with Crippen LogP contribution in [0.3, 0.4) is 0 Å². The first-order chi connectivity index (χ1) is 13.4. The first-order valence-corrected chi connectivity index (χ1v) is 9.76. The van der Waals surface area contributed by atoms with E-state index in [-0.39, 0.29) is 0 Å². The second kappa shape index (κ2) is 7.12. The highest BCUT2D eigenvalue weighted by atomic mass is 16.5. The van der Waals surface area contributed by atoms with Crippen molar-refractivity contribution in [3.8, 4) is 17.1 Å². The number of nitrogens with zero attached hydrogens (tertiary/aromatic N) is 2. The summed E-state index contributed by atoms with van der Waals surface area (Å²) in [5, 5.41) is 3.72. The molecule has 2 aromatic carbocycles. The van der Waals surface area contributed by atoms with Gasteiger partial charge in [-0.3, -0.25) is 0 Å². The molecule has 0 saturated carbocycles. The highest BCUT2D eigenvalue weighted by molar-refractivity contribution is 5.55. The van der Waals surface area contributed by atoms with E-state index in [1.54, 1.807) is 0 Å². The van der Waals surface area contributed by atoms with Crippen molar-refractivity contribution in [2.75, 3.05) is 6.61 Å². The maximum absolute atomic E-state index is 5.61. The smallest absolute Gasteiger partial charge is 0.159 e. The fourth-order valence-electron chi connectivity index (χ4n) is 4.08. The van der Waals surface area contributed by atoms with Gasteiger partial charge in [0.2, 0.25) is 0 Å². The summed E-state index contributed by atoms with van der Waals surface area (Å²) < 4.78 is 5.61. The third kappa shape index (κ3) is 3.33. The molecule has 27 heavy (non-hydrogen) atoms. The van der Waals surface area contributed by atoms with Gasteiger partial charge in [0, 0.05) is 42.0 Å². The molecule has 0 bridgehead atoms. The highest BCUT2D eigenvalue weighted by Gasteiger charge is 2.22. The lowest BCUT2D eigenvalue weighted by Gasteiger charge is -2.26. The zero-order chi connectivity index (χ0) is 18.1. The summed E-state index contributed by atoms with van der Waals surface area (Å²) in [6.45, 7) is 1.67. The van der Waals surface area contributed by atoms with Gasteiger partial charge < -0.3 is 10.1 Å². The Morgan fingerprint density at radius 1 is 1.07 bits per heavy atom. The lowest BCUT2D eigenvalue weighted by atomic mass is 9.92. The lowest BCUT2D eigenvalue weighted by Crippen LogP contribution is -2.26. The van der Waals surface area contributed by atoms with Gasteiger partial charge in [0.1, 0.15) is 5.75 Å². The number of aromatic nitrogens is 2. The third-order valence-corrected chi connectivity index (χ3v) is 5.52. The summed E-state index contributed by atoms with van der Waals surface area (Å²) >= 11 is 0. The Kier molecular flexibility index (Phi) is 4.34. The molecule has 5 rings (SSSR count). The van der Waals surface area contributed by atoms with E-state index in [2.05, 4.69) is 40.6 Å². The molecular formula is C23H23N3O. The summed E-state index contributed by atoms with van der Waals surface area (Å²) in [4.78, 5) is 9.52. The van der Waals surface area contributed by atoms with Crippen molar-refractivity contribution >= 4 is 0 Å². The Morgan fingerprint density at radius 2 is 2.00 bits per heavy atom. The third-order valence-electron chi connectivity index (χ3n) is 5.52. The number of nitrogens with one attached hydrogen (secondary N) is 1. The van der Waals surface area contributed by atoms with Crippen molar-refractivity contribution in [3.63, 3.8) is 0 Å². The van der Waals surface area contributed by atoms with Gasteiger partial charge in [-0.15, -0.1) is 0 Å². The predicted octanol–water partition coefficient (Wildman–Crippen LogP) is 4.25. The van der Waals surface area contributed by atoms with Crippen molar-refractivity contribution in [1.82, 2.24) is 15.3 Å². The molecule has 1 N–H and O–H groups in total. The molecule has 0 radical (unpaired) electrons. The van der Waals surface area contributed by atoms with Gasteiger partial charge >= 0.3 is 0 Å². The van der Waals surface area contributed by atoms with Crippen LogP contribution < -0.4 is 10.1 Å². The van der Waals surface area contributed by atoms with Crippen LogP contribution in [0, 0.1) is 0 Å². The minimum Gasteiger partial charge on any atom is -0.493 e. The van der Waals surface area contributed by atoms with Crippen LogP contribution in [-0.4, -0.2) is 16.6 Å².